The van der Waals surface area contributed by atoms with Crippen molar-refractivity contribution < 1.29 is 12.8 Å². The summed E-state index contributed by atoms with van der Waals surface area (Å²) in [5.41, 5.74) is 0. The number of furan rings is 1. The van der Waals surface area contributed by atoms with Crippen LogP contribution in [-0.4, -0.2) is 69.2 Å². The molecule has 0 aliphatic carbocycles. The molecule has 1 aromatic rings. The zero-order chi connectivity index (χ0) is 18.1. The smallest absolute Gasteiger partial charge is 0.211 e. The van der Waals surface area contributed by atoms with E-state index in [4.69, 9.17) is 4.42 Å². The highest BCUT2D eigenvalue weighted by Crippen LogP contribution is 2.20. The molecule has 0 amide bonds. The second-order valence-corrected chi connectivity index (χ2v) is 8.96. The summed E-state index contributed by atoms with van der Waals surface area (Å²) in [7, 11) is -3.16. The highest BCUT2D eigenvalue weighted by Gasteiger charge is 2.31. The Kier molecular flexibility index (Phi) is 8.11. The Balaban J connectivity index is 1.89. The molecule has 1 saturated heterocycles. The minimum absolute atomic E-state index is 0.0424. The van der Waals surface area contributed by atoms with E-state index < -0.39 is 10.0 Å². The van der Waals surface area contributed by atoms with Crippen LogP contribution >= 0.6 is 11.8 Å². The zero-order valence-electron chi connectivity index (χ0n) is 14.9. The highest BCUT2D eigenvalue weighted by molar-refractivity contribution is 7.98. The summed E-state index contributed by atoms with van der Waals surface area (Å²) in [5.74, 6) is 2.63. The van der Waals surface area contributed by atoms with Crippen molar-refractivity contribution in [2.75, 3.05) is 44.4 Å². The van der Waals surface area contributed by atoms with Gasteiger partial charge in [-0.2, -0.15) is 16.1 Å². The molecule has 2 rings (SSSR count). The Hall–Kier alpha value is -1.19. The fourth-order valence-corrected chi connectivity index (χ4v) is 4.31. The van der Waals surface area contributed by atoms with E-state index in [1.54, 1.807) is 22.3 Å². The van der Waals surface area contributed by atoms with E-state index in [2.05, 4.69) is 21.9 Å². The number of guanidine groups is 1. The van der Waals surface area contributed by atoms with Crippen molar-refractivity contribution in [3.8, 4) is 0 Å². The highest BCUT2D eigenvalue weighted by atomic mass is 32.2. The van der Waals surface area contributed by atoms with Gasteiger partial charge in [0.2, 0.25) is 10.0 Å². The van der Waals surface area contributed by atoms with Gasteiger partial charge in [-0.1, -0.05) is 0 Å². The molecule has 1 fully saturated rings. The third-order valence-electron chi connectivity index (χ3n) is 4.05. The minimum Gasteiger partial charge on any atom is -0.469 e. The number of nitrogens with one attached hydrogen (secondary N) is 2. The fourth-order valence-electron chi connectivity index (χ4n) is 2.83. The molecule has 2 heterocycles. The van der Waals surface area contributed by atoms with E-state index in [0.717, 1.165) is 43.3 Å². The van der Waals surface area contributed by atoms with Gasteiger partial charge in [0.25, 0.3) is 0 Å². The van der Waals surface area contributed by atoms with E-state index in [0.29, 0.717) is 19.6 Å². The van der Waals surface area contributed by atoms with Crippen LogP contribution in [0.2, 0.25) is 0 Å². The Morgan fingerprint density at radius 2 is 2.24 bits per heavy atom. The lowest BCUT2D eigenvalue weighted by molar-refractivity contribution is 0.396. The molecule has 1 aliphatic heterocycles. The standard InChI is InChI=1S/C16H28N4O3S2/c1-24-12-9-18-16(17-8-7-15-6-4-11-23-15)19-13-14-5-3-10-20(14)25(2,21)22/h4,6,11,14H,3,5,7-10,12-13H2,1-2H3,(H2,17,18,19)/t14-/m1/s1. The average molecular weight is 389 g/mol. The number of aliphatic imine (C=N–C) groups is 1. The van der Waals surface area contributed by atoms with Crippen LogP contribution < -0.4 is 10.6 Å². The first-order chi connectivity index (χ1) is 12.0. The van der Waals surface area contributed by atoms with Crippen molar-refractivity contribution in [2.24, 2.45) is 4.99 Å². The normalized spacial score (nSPS) is 19.3. The van der Waals surface area contributed by atoms with Crippen molar-refractivity contribution in [3.05, 3.63) is 24.2 Å². The van der Waals surface area contributed by atoms with Crippen LogP contribution in [0.15, 0.2) is 27.8 Å². The third kappa shape index (κ3) is 6.91. The van der Waals surface area contributed by atoms with E-state index in [9.17, 15) is 8.42 Å². The van der Waals surface area contributed by atoms with Gasteiger partial charge in [-0.3, -0.25) is 4.99 Å². The predicted octanol–water partition coefficient (Wildman–Crippen LogP) is 1.14. The van der Waals surface area contributed by atoms with E-state index in [1.165, 1.54) is 6.26 Å². The lowest BCUT2D eigenvalue weighted by Crippen LogP contribution is -2.41. The number of hydrogen-bond acceptors (Lipinski definition) is 5. The van der Waals surface area contributed by atoms with Gasteiger partial charge in [-0.15, -0.1) is 0 Å². The van der Waals surface area contributed by atoms with Crippen LogP contribution in [0.25, 0.3) is 0 Å². The number of thioether (sulfide) groups is 1. The fraction of sp³-hybridized carbons (Fsp3) is 0.688. The van der Waals surface area contributed by atoms with Gasteiger partial charge in [0.1, 0.15) is 5.76 Å². The Bertz CT molecular complexity index is 632. The predicted molar refractivity (Wildman–Crippen MR) is 104 cm³/mol. The topological polar surface area (TPSA) is 86.9 Å². The average Bonchev–Trinajstić information content (AvgIpc) is 3.23. The van der Waals surface area contributed by atoms with Crippen LogP contribution in [-0.2, 0) is 16.4 Å². The number of rotatable bonds is 9. The summed E-state index contributed by atoms with van der Waals surface area (Å²) in [6, 6.07) is 3.78. The molecule has 9 heteroatoms. The van der Waals surface area contributed by atoms with Gasteiger partial charge in [0, 0.05) is 37.8 Å². The summed E-state index contributed by atoms with van der Waals surface area (Å²) in [6.07, 6.45) is 7.53. The number of nitrogens with zero attached hydrogens (tertiary/aromatic N) is 2. The van der Waals surface area contributed by atoms with Crippen molar-refractivity contribution in [1.82, 2.24) is 14.9 Å². The third-order valence-corrected chi connectivity index (χ3v) is 6.00. The van der Waals surface area contributed by atoms with Gasteiger partial charge >= 0.3 is 0 Å². The molecule has 0 spiro atoms. The minimum atomic E-state index is -3.16. The molecule has 0 aromatic carbocycles. The van der Waals surface area contributed by atoms with Gasteiger partial charge < -0.3 is 15.1 Å². The monoisotopic (exact) mass is 388 g/mol. The second-order valence-electron chi connectivity index (χ2n) is 6.03. The molecule has 1 aliphatic rings. The van der Waals surface area contributed by atoms with Gasteiger partial charge in [0.05, 0.1) is 19.1 Å². The van der Waals surface area contributed by atoms with Crippen LogP contribution in [0.3, 0.4) is 0 Å². The summed E-state index contributed by atoms with van der Waals surface area (Å²) in [5, 5.41) is 6.59. The molecule has 0 unspecified atom stereocenters. The van der Waals surface area contributed by atoms with Crippen LogP contribution in [0.1, 0.15) is 18.6 Å². The van der Waals surface area contributed by atoms with E-state index in [-0.39, 0.29) is 6.04 Å². The summed E-state index contributed by atoms with van der Waals surface area (Å²) < 4.78 is 30.6. The van der Waals surface area contributed by atoms with E-state index in [1.807, 2.05) is 12.1 Å². The van der Waals surface area contributed by atoms with E-state index >= 15 is 0 Å². The quantitative estimate of drug-likeness (QED) is 0.375. The van der Waals surface area contributed by atoms with Gasteiger partial charge in [0.15, 0.2) is 5.96 Å². The van der Waals surface area contributed by atoms with Crippen LogP contribution in [0.4, 0.5) is 0 Å². The first-order valence-corrected chi connectivity index (χ1v) is 11.7. The first-order valence-electron chi connectivity index (χ1n) is 8.51. The molecule has 0 radical (unpaired) electrons. The maximum atomic E-state index is 11.8. The molecule has 25 heavy (non-hydrogen) atoms. The summed E-state index contributed by atoms with van der Waals surface area (Å²) >= 11 is 1.76. The summed E-state index contributed by atoms with van der Waals surface area (Å²) in [4.78, 5) is 4.61. The van der Waals surface area contributed by atoms with Crippen molar-refractivity contribution >= 4 is 27.7 Å². The molecule has 1 aromatic heterocycles. The molecular formula is C16H28N4O3S2. The maximum absolute atomic E-state index is 11.8. The maximum Gasteiger partial charge on any atom is 0.211 e. The number of sulfonamides is 1. The van der Waals surface area contributed by atoms with Crippen molar-refractivity contribution in [1.29, 1.82) is 0 Å². The zero-order valence-corrected chi connectivity index (χ0v) is 16.5. The molecule has 2 N–H and O–H groups in total. The summed E-state index contributed by atoms with van der Waals surface area (Å²) in [6.45, 7) is 2.59. The molecule has 0 bridgehead atoms. The molecule has 7 nitrogen and oxygen atoms in total. The molecule has 0 saturated carbocycles. The Morgan fingerprint density at radius 3 is 2.92 bits per heavy atom. The van der Waals surface area contributed by atoms with Crippen molar-refractivity contribution in [2.45, 2.75) is 25.3 Å². The number of hydrogen-bond donors (Lipinski definition) is 2. The molecular weight excluding hydrogens is 360 g/mol. The van der Waals surface area contributed by atoms with Crippen molar-refractivity contribution in [3.63, 3.8) is 0 Å². The largest absolute Gasteiger partial charge is 0.469 e. The van der Waals surface area contributed by atoms with Crippen LogP contribution in [0, 0.1) is 0 Å². The lowest BCUT2D eigenvalue weighted by atomic mass is 10.2. The lowest BCUT2D eigenvalue weighted by Gasteiger charge is -2.21. The van der Waals surface area contributed by atoms with Crippen LogP contribution in [0.5, 0.6) is 0 Å². The molecule has 142 valence electrons. The SMILES string of the molecule is CSCCNC(=NC[C@H]1CCCN1S(C)(=O)=O)NCCc1ccco1. The Labute approximate surface area is 154 Å². The van der Waals surface area contributed by atoms with Gasteiger partial charge in [-0.25, -0.2) is 8.42 Å². The van der Waals surface area contributed by atoms with Gasteiger partial charge in [-0.05, 0) is 31.2 Å². The first kappa shape index (κ1) is 20.1. The molecule has 1 atom stereocenters. The Morgan fingerprint density at radius 1 is 1.44 bits per heavy atom. The second kappa shape index (κ2) is 10.1.